The van der Waals surface area contributed by atoms with Gasteiger partial charge in [0.2, 0.25) is 0 Å². The van der Waals surface area contributed by atoms with Crippen LogP contribution in [0.5, 0.6) is 0 Å². The fourth-order valence-corrected chi connectivity index (χ4v) is 3.06. The van der Waals surface area contributed by atoms with Crippen LogP contribution >= 0.6 is 0 Å². The molecule has 1 aliphatic rings. The van der Waals surface area contributed by atoms with E-state index in [2.05, 4.69) is 31.9 Å². The molecule has 3 aromatic rings. The van der Waals surface area contributed by atoms with Crippen LogP contribution in [0, 0.1) is 0 Å². The molecule has 1 fully saturated rings. The van der Waals surface area contributed by atoms with Gasteiger partial charge in [-0.1, -0.05) is 0 Å². The maximum absolute atomic E-state index is 12.8. The number of H-pyrrole nitrogens is 2. The van der Waals surface area contributed by atoms with Crippen molar-refractivity contribution in [2.75, 3.05) is 26.7 Å². The molecule has 4 rings (SSSR count). The highest BCUT2D eigenvalue weighted by atomic mass is 16.2. The van der Waals surface area contributed by atoms with Crippen molar-refractivity contribution >= 4 is 16.9 Å². The fraction of sp³-hybridized carbons (Fsp3) is 0.312. The summed E-state index contributed by atoms with van der Waals surface area (Å²) in [6.07, 6.45) is 5.20. The summed E-state index contributed by atoms with van der Waals surface area (Å²) in [6, 6.07) is 5.68. The minimum Gasteiger partial charge on any atom is -0.347 e. The monoisotopic (exact) mass is 310 g/mol. The molecule has 7 nitrogen and oxygen atoms in total. The van der Waals surface area contributed by atoms with Crippen LogP contribution in [0.15, 0.2) is 36.9 Å². The normalized spacial score (nSPS) is 19.3. The second-order valence-corrected chi connectivity index (χ2v) is 5.86. The molecular formula is C16H18N6O. The maximum atomic E-state index is 12.8. The van der Waals surface area contributed by atoms with Crippen molar-refractivity contribution in [1.29, 1.82) is 0 Å². The van der Waals surface area contributed by atoms with E-state index < -0.39 is 0 Å². The number of benzene rings is 1. The molecule has 0 saturated carbocycles. The lowest BCUT2D eigenvalue weighted by Crippen LogP contribution is -2.49. The van der Waals surface area contributed by atoms with Gasteiger partial charge in [-0.3, -0.25) is 9.69 Å². The predicted molar refractivity (Wildman–Crippen MR) is 86.0 cm³/mol. The van der Waals surface area contributed by atoms with Crippen LogP contribution < -0.4 is 0 Å². The third kappa shape index (κ3) is 2.49. The molecule has 0 spiro atoms. The number of carbonyl (C=O) groups is 1. The second-order valence-electron chi connectivity index (χ2n) is 5.86. The standard InChI is InChI=1S/C16H18N6O/c1-21-6-7-22(9-14(21)15-17-4-5-18-15)16(23)11-2-3-12-13(8-11)20-10-19-12/h2-5,8,10,14H,6-7,9H2,1H3,(H,17,18)(H,19,20)/t14-/m0/s1. The molecule has 2 aromatic heterocycles. The van der Waals surface area contributed by atoms with E-state index in [1.807, 2.05) is 29.3 Å². The minimum atomic E-state index is 0.0474. The van der Waals surface area contributed by atoms with Crippen LogP contribution in [0.4, 0.5) is 0 Å². The molecule has 0 unspecified atom stereocenters. The molecule has 7 heteroatoms. The Bertz CT molecular complexity index is 824. The summed E-state index contributed by atoms with van der Waals surface area (Å²) < 4.78 is 0. The van der Waals surface area contributed by atoms with Gasteiger partial charge in [0.1, 0.15) is 5.82 Å². The Morgan fingerprint density at radius 2 is 2.17 bits per heavy atom. The number of aromatic amines is 2. The third-order valence-electron chi connectivity index (χ3n) is 4.44. The summed E-state index contributed by atoms with van der Waals surface area (Å²) in [7, 11) is 2.06. The van der Waals surface area contributed by atoms with Crippen LogP contribution in [-0.4, -0.2) is 62.3 Å². The van der Waals surface area contributed by atoms with Crippen molar-refractivity contribution < 1.29 is 4.79 Å². The van der Waals surface area contributed by atoms with Crippen LogP contribution in [0.1, 0.15) is 22.2 Å². The van der Waals surface area contributed by atoms with Crippen LogP contribution in [0.3, 0.4) is 0 Å². The van der Waals surface area contributed by atoms with E-state index in [9.17, 15) is 4.79 Å². The molecular weight excluding hydrogens is 292 g/mol. The Labute approximate surface area is 133 Å². The predicted octanol–water partition coefficient (Wildman–Crippen LogP) is 1.41. The number of aromatic nitrogens is 4. The molecule has 1 atom stereocenters. The number of fused-ring (bicyclic) bond motifs is 1. The van der Waals surface area contributed by atoms with Gasteiger partial charge >= 0.3 is 0 Å². The molecule has 1 aliphatic heterocycles. The van der Waals surface area contributed by atoms with Crippen molar-refractivity contribution in [3.8, 4) is 0 Å². The van der Waals surface area contributed by atoms with Crippen molar-refractivity contribution in [3.05, 3.63) is 48.3 Å². The first kappa shape index (κ1) is 14.0. The maximum Gasteiger partial charge on any atom is 0.254 e. The molecule has 0 aliphatic carbocycles. The van der Waals surface area contributed by atoms with E-state index in [0.29, 0.717) is 18.7 Å². The Morgan fingerprint density at radius 3 is 3.00 bits per heavy atom. The zero-order chi connectivity index (χ0) is 15.8. The summed E-state index contributed by atoms with van der Waals surface area (Å²) in [5.41, 5.74) is 2.44. The van der Waals surface area contributed by atoms with Gasteiger partial charge in [0.15, 0.2) is 0 Å². The molecule has 118 valence electrons. The highest BCUT2D eigenvalue weighted by Crippen LogP contribution is 2.23. The quantitative estimate of drug-likeness (QED) is 0.750. The van der Waals surface area contributed by atoms with Gasteiger partial charge in [-0.15, -0.1) is 0 Å². The molecule has 1 saturated heterocycles. The number of carbonyl (C=O) groups excluding carboxylic acids is 1. The van der Waals surface area contributed by atoms with E-state index in [0.717, 1.165) is 23.4 Å². The zero-order valence-corrected chi connectivity index (χ0v) is 12.9. The first-order valence-electron chi connectivity index (χ1n) is 7.64. The lowest BCUT2D eigenvalue weighted by molar-refractivity contribution is 0.0534. The molecule has 0 radical (unpaired) electrons. The first-order valence-corrected chi connectivity index (χ1v) is 7.64. The Morgan fingerprint density at radius 1 is 1.26 bits per heavy atom. The van der Waals surface area contributed by atoms with Crippen molar-refractivity contribution in [2.24, 2.45) is 0 Å². The number of nitrogens with zero attached hydrogens (tertiary/aromatic N) is 4. The van der Waals surface area contributed by atoms with Crippen LogP contribution in [0.2, 0.25) is 0 Å². The molecule has 2 N–H and O–H groups in total. The van der Waals surface area contributed by atoms with E-state index in [1.54, 1.807) is 12.5 Å². The zero-order valence-electron chi connectivity index (χ0n) is 12.9. The van der Waals surface area contributed by atoms with Gasteiger partial charge in [-0.25, -0.2) is 9.97 Å². The average Bonchev–Trinajstić information content (AvgIpc) is 3.25. The van der Waals surface area contributed by atoms with Gasteiger partial charge in [0.25, 0.3) is 5.91 Å². The van der Waals surface area contributed by atoms with Gasteiger partial charge in [0, 0.05) is 37.6 Å². The number of piperazine rings is 1. The van der Waals surface area contributed by atoms with E-state index in [4.69, 9.17) is 0 Å². The number of nitrogens with one attached hydrogen (secondary N) is 2. The highest BCUT2D eigenvalue weighted by Gasteiger charge is 2.30. The summed E-state index contributed by atoms with van der Waals surface area (Å²) in [6.45, 7) is 2.17. The summed E-state index contributed by atoms with van der Waals surface area (Å²) in [5, 5.41) is 0. The highest BCUT2D eigenvalue weighted by molar-refractivity contribution is 5.97. The molecule has 3 heterocycles. The van der Waals surface area contributed by atoms with Crippen molar-refractivity contribution in [3.63, 3.8) is 0 Å². The Kier molecular flexibility index (Phi) is 3.34. The lowest BCUT2D eigenvalue weighted by atomic mass is 10.1. The van der Waals surface area contributed by atoms with E-state index >= 15 is 0 Å². The van der Waals surface area contributed by atoms with Gasteiger partial charge < -0.3 is 14.9 Å². The largest absolute Gasteiger partial charge is 0.347 e. The third-order valence-corrected chi connectivity index (χ3v) is 4.44. The topological polar surface area (TPSA) is 80.9 Å². The van der Waals surface area contributed by atoms with E-state index in [1.165, 1.54) is 0 Å². The Hall–Kier alpha value is -2.67. The SMILES string of the molecule is CN1CCN(C(=O)c2ccc3nc[nH]c3c2)C[C@H]1c1ncc[nH]1. The van der Waals surface area contributed by atoms with Crippen LogP contribution in [-0.2, 0) is 0 Å². The summed E-state index contributed by atoms with van der Waals surface area (Å²) >= 11 is 0. The van der Waals surface area contributed by atoms with E-state index in [-0.39, 0.29) is 11.9 Å². The summed E-state index contributed by atoms with van der Waals surface area (Å²) in [5.74, 6) is 0.945. The Balaban J connectivity index is 1.58. The minimum absolute atomic E-state index is 0.0474. The van der Waals surface area contributed by atoms with Gasteiger partial charge in [-0.05, 0) is 25.2 Å². The molecule has 23 heavy (non-hydrogen) atoms. The van der Waals surface area contributed by atoms with Gasteiger partial charge in [-0.2, -0.15) is 0 Å². The van der Waals surface area contributed by atoms with Crippen molar-refractivity contribution in [2.45, 2.75) is 6.04 Å². The summed E-state index contributed by atoms with van der Waals surface area (Å²) in [4.78, 5) is 31.7. The average molecular weight is 310 g/mol. The lowest BCUT2D eigenvalue weighted by Gasteiger charge is -2.38. The fourth-order valence-electron chi connectivity index (χ4n) is 3.06. The molecule has 1 amide bonds. The second kappa shape index (κ2) is 5.51. The van der Waals surface area contributed by atoms with Gasteiger partial charge in [0.05, 0.1) is 23.4 Å². The van der Waals surface area contributed by atoms with Crippen LogP contribution in [0.25, 0.3) is 11.0 Å². The number of amides is 1. The smallest absolute Gasteiger partial charge is 0.254 e. The van der Waals surface area contributed by atoms with Crippen molar-refractivity contribution in [1.82, 2.24) is 29.7 Å². The number of likely N-dealkylation sites (N-methyl/N-ethyl adjacent to an activating group) is 1. The first-order chi connectivity index (χ1) is 11.2. The number of hydrogen-bond acceptors (Lipinski definition) is 4. The number of rotatable bonds is 2. The molecule has 0 bridgehead atoms. The number of imidazole rings is 2. The molecule has 1 aromatic carbocycles. The number of hydrogen-bond donors (Lipinski definition) is 2.